The van der Waals surface area contributed by atoms with E-state index >= 15 is 0 Å². The molecule has 0 amide bonds. The van der Waals surface area contributed by atoms with Crippen molar-refractivity contribution in [1.82, 2.24) is 9.97 Å². The maximum Gasteiger partial charge on any atom is 0.229 e. The van der Waals surface area contributed by atoms with Gasteiger partial charge in [0.25, 0.3) is 0 Å². The van der Waals surface area contributed by atoms with Crippen molar-refractivity contribution in [2.75, 3.05) is 17.7 Å². The SMILES string of the molecule is COc1ccc(CNc2nc(Nc3ccc(Br)cc3)nc3ccccc23)cc1. The van der Waals surface area contributed by atoms with Crippen LogP contribution in [0.3, 0.4) is 0 Å². The number of hydrogen-bond acceptors (Lipinski definition) is 5. The van der Waals surface area contributed by atoms with E-state index in [4.69, 9.17) is 9.72 Å². The van der Waals surface area contributed by atoms with Crippen LogP contribution >= 0.6 is 15.9 Å². The third-order valence-electron chi connectivity index (χ3n) is 4.32. The molecule has 0 radical (unpaired) electrons. The lowest BCUT2D eigenvalue weighted by Gasteiger charge is -2.12. The number of para-hydroxylation sites is 1. The van der Waals surface area contributed by atoms with Gasteiger partial charge in [0.1, 0.15) is 11.6 Å². The van der Waals surface area contributed by atoms with Crippen LogP contribution in [0.2, 0.25) is 0 Å². The van der Waals surface area contributed by atoms with Crippen molar-refractivity contribution in [2.24, 2.45) is 0 Å². The summed E-state index contributed by atoms with van der Waals surface area (Å²) in [4.78, 5) is 9.34. The Bertz CT molecular complexity index is 1080. The van der Waals surface area contributed by atoms with Crippen LogP contribution in [-0.2, 0) is 6.54 Å². The molecule has 1 heterocycles. The molecule has 5 nitrogen and oxygen atoms in total. The fraction of sp³-hybridized carbons (Fsp3) is 0.0909. The van der Waals surface area contributed by atoms with Crippen molar-refractivity contribution in [3.8, 4) is 5.75 Å². The number of rotatable bonds is 6. The normalized spacial score (nSPS) is 10.6. The second kappa shape index (κ2) is 8.27. The molecule has 28 heavy (non-hydrogen) atoms. The van der Waals surface area contributed by atoms with Crippen LogP contribution in [0.15, 0.2) is 77.3 Å². The average molecular weight is 435 g/mol. The molecule has 2 N–H and O–H groups in total. The lowest BCUT2D eigenvalue weighted by molar-refractivity contribution is 0.414. The summed E-state index contributed by atoms with van der Waals surface area (Å²) in [6.07, 6.45) is 0. The van der Waals surface area contributed by atoms with Crippen molar-refractivity contribution in [1.29, 1.82) is 0 Å². The first-order chi connectivity index (χ1) is 13.7. The highest BCUT2D eigenvalue weighted by Crippen LogP contribution is 2.25. The molecule has 0 bridgehead atoms. The van der Waals surface area contributed by atoms with Gasteiger partial charge in [-0.05, 0) is 54.1 Å². The van der Waals surface area contributed by atoms with Crippen molar-refractivity contribution >= 4 is 44.3 Å². The average Bonchev–Trinajstić information content (AvgIpc) is 2.74. The highest BCUT2D eigenvalue weighted by molar-refractivity contribution is 9.10. The van der Waals surface area contributed by atoms with Gasteiger partial charge in [0.05, 0.1) is 12.6 Å². The van der Waals surface area contributed by atoms with E-state index in [1.165, 1.54) is 0 Å². The Balaban J connectivity index is 1.60. The lowest BCUT2D eigenvalue weighted by Crippen LogP contribution is -2.05. The van der Waals surface area contributed by atoms with Crippen LogP contribution in [0.25, 0.3) is 10.9 Å². The number of aromatic nitrogens is 2. The third kappa shape index (κ3) is 4.23. The van der Waals surface area contributed by atoms with Gasteiger partial charge < -0.3 is 15.4 Å². The molecule has 4 aromatic rings. The predicted octanol–water partition coefficient (Wildman–Crippen LogP) is 5.76. The summed E-state index contributed by atoms with van der Waals surface area (Å²) < 4.78 is 6.24. The first-order valence-electron chi connectivity index (χ1n) is 8.87. The summed E-state index contributed by atoms with van der Waals surface area (Å²) >= 11 is 3.45. The van der Waals surface area contributed by atoms with Crippen LogP contribution in [-0.4, -0.2) is 17.1 Å². The van der Waals surface area contributed by atoms with Crippen LogP contribution in [0.1, 0.15) is 5.56 Å². The van der Waals surface area contributed by atoms with E-state index in [9.17, 15) is 0 Å². The number of anilines is 3. The summed E-state index contributed by atoms with van der Waals surface area (Å²) in [5.41, 5.74) is 2.96. The van der Waals surface area contributed by atoms with Crippen molar-refractivity contribution < 1.29 is 4.74 Å². The highest BCUT2D eigenvalue weighted by atomic mass is 79.9. The van der Waals surface area contributed by atoms with Gasteiger partial charge in [-0.2, -0.15) is 4.98 Å². The first-order valence-corrected chi connectivity index (χ1v) is 9.67. The van der Waals surface area contributed by atoms with E-state index in [1.807, 2.05) is 72.8 Å². The van der Waals surface area contributed by atoms with Gasteiger partial charge in [-0.3, -0.25) is 0 Å². The Morgan fingerprint density at radius 2 is 1.64 bits per heavy atom. The Morgan fingerprint density at radius 3 is 2.39 bits per heavy atom. The molecule has 0 spiro atoms. The molecule has 4 rings (SSSR count). The summed E-state index contributed by atoms with van der Waals surface area (Å²) in [6, 6.07) is 23.9. The number of benzene rings is 3. The van der Waals surface area contributed by atoms with Crippen molar-refractivity contribution in [3.63, 3.8) is 0 Å². The minimum atomic E-state index is 0.554. The zero-order valence-corrected chi connectivity index (χ0v) is 16.9. The monoisotopic (exact) mass is 434 g/mol. The van der Waals surface area contributed by atoms with E-state index in [1.54, 1.807) is 7.11 Å². The Labute approximate surface area is 171 Å². The van der Waals surface area contributed by atoms with E-state index in [0.29, 0.717) is 12.5 Å². The zero-order valence-electron chi connectivity index (χ0n) is 15.3. The largest absolute Gasteiger partial charge is 0.497 e. The predicted molar refractivity (Wildman–Crippen MR) is 117 cm³/mol. The molecule has 1 aromatic heterocycles. The molecule has 0 unspecified atom stereocenters. The van der Waals surface area contributed by atoms with Gasteiger partial charge in [-0.25, -0.2) is 4.98 Å². The summed E-state index contributed by atoms with van der Waals surface area (Å²) in [7, 11) is 1.67. The molecule has 3 aromatic carbocycles. The van der Waals surface area contributed by atoms with Crippen LogP contribution < -0.4 is 15.4 Å². The van der Waals surface area contributed by atoms with E-state index in [-0.39, 0.29) is 0 Å². The molecular formula is C22H19BrN4O. The first kappa shape index (κ1) is 18.3. The molecule has 6 heteroatoms. The van der Waals surface area contributed by atoms with E-state index in [0.717, 1.165) is 38.2 Å². The van der Waals surface area contributed by atoms with Gasteiger partial charge in [-0.15, -0.1) is 0 Å². The molecule has 0 aliphatic carbocycles. The highest BCUT2D eigenvalue weighted by Gasteiger charge is 2.08. The lowest BCUT2D eigenvalue weighted by atomic mass is 10.2. The maximum absolute atomic E-state index is 5.22. The van der Waals surface area contributed by atoms with Crippen LogP contribution in [0, 0.1) is 0 Å². The fourth-order valence-corrected chi connectivity index (χ4v) is 3.12. The topological polar surface area (TPSA) is 59.1 Å². The molecule has 0 aliphatic heterocycles. The third-order valence-corrected chi connectivity index (χ3v) is 4.85. The number of halogens is 1. The van der Waals surface area contributed by atoms with Crippen LogP contribution in [0.5, 0.6) is 5.75 Å². The quantitative estimate of drug-likeness (QED) is 0.404. The maximum atomic E-state index is 5.22. The fourth-order valence-electron chi connectivity index (χ4n) is 2.86. The second-order valence-corrected chi connectivity index (χ2v) is 7.16. The Kier molecular flexibility index (Phi) is 5.39. The number of nitrogens with one attached hydrogen (secondary N) is 2. The standard InChI is InChI=1S/C22H19BrN4O/c1-28-18-12-6-15(7-13-18)14-24-21-19-4-2-3-5-20(19)26-22(27-21)25-17-10-8-16(23)9-11-17/h2-13H,14H2,1H3,(H2,24,25,26,27). The summed E-state index contributed by atoms with van der Waals surface area (Å²) in [5, 5.41) is 7.70. The number of fused-ring (bicyclic) bond motifs is 1. The molecular weight excluding hydrogens is 416 g/mol. The second-order valence-electron chi connectivity index (χ2n) is 6.25. The molecule has 0 atom stereocenters. The number of nitrogens with zero attached hydrogens (tertiary/aromatic N) is 2. The molecule has 0 fully saturated rings. The van der Waals surface area contributed by atoms with Gasteiger partial charge >= 0.3 is 0 Å². The minimum Gasteiger partial charge on any atom is -0.497 e. The molecule has 0 aliphatic rings. The van der Waals surface area contributed by atoms with Crippen LogP contribution in [0.4, 0.5) is 17.5 Å². The van der Waals surface area contributed by atoms with Gasteiger partial charge in [-0.1, -0.05) is 40.2 Å². The van der Waals surface area contributed by atoms with E-state index < -0.39 is 0 Å². The minimum absolute atomic E-state index is 0.554. The van der Waals surface area contributed by atoms with Crippen molar-refractivity contribution in [3.05, 3.63) is 82.8 Å². The van der Waals surface area contributed by atoms with Gasteiger partial charge in [0.2, 0.25) is 5.95 Å². The Hall–Kier alpha value is -3.12. The molecule has 0 saturated carbocycles. The van der Waals surface area contributed by atoms with Gasteiger partial charge in [0.15, 0.2) is 0 Å². The summed E-state index contributed by atoms with van der Waals surface area (Å²) in [5.74, 6) is 2.19. The smallest absolute Gasteiger partial charge is 0.229 e. The Morgan fingerprint density at radius 1 is 0.893 bits per heavy atom. The van der Waals surface area contributed by atoms with Gasteiger partial charge in [0, 0.05) is 22.1 Å². The number of ether oxygens (including phenoxy) is 1. The zero-order chi connectivity index (χ0) is 19.3. The molecule has 140 valence electrons. The summed E-state index contributed by atoms with van der Waals surface area (Å²) in [6.45, 7) is 0.655. The number of methoxy groups -OCH3 is 1. The molecule has 0 saturated heterocycles. The number of hydrogen-bond donors (Lipinski definition) is 2. The van der Waals surface area contributed by atoms with Crippen molar-refractivity contribution in [2.45, 2.75) is 6.54 Å². The van der Waals surface area contributed by atoms with E-state index in [2.05, 4.69) is 31.5 Å².